The fourth-order valence-electron chi connectivity index (χ4n) is 2.60. The number of aromatic nitrogens is 1. The fourth-order valence-corrected chi connectivity index (χ4v) is 2.86. The number of rotatable bonds is 4. The number of carbonyl (C=O) groups is 1. The molecule has 1 fully saturated rings. The summed E-state index contributed by atoms with van der Waals surface area (Å²) in [6.45, 7) is 2.27. The number of pyridine rings is 1. The van der Waals surface area contributed by atoms with E-state index in [0.29, 0.717) is 11.6 Å². The highest BCUT2D eigenvalue weighted by Crippen LogP contribution is 2.25. The summed E-state index contributed by atoms with van der Waals surface area (Å²) in [5.74, 6) is -0.169. The van der Waals surface area contributed by atoms with E-state index in [1.165, 1.54) is 0 Å². The fraction of sp³-hybridized carbons (Fsp3) is 0.278. The number of morpholine rings is 1. The third kappa shape index (κ3) is 3.80. The van der Waals surface area contributed by atoms with E-state index < -0.39 is 0 Å². The molecule has 6 heteroatoms. The zero-order valence-electron chi connectivity index (χ0n) is 13.0. The van der Waals surface area contributed by atoms with E-state index in [1.54, 1.807) is 18.2 Å². The minimum Gasteiger partial charge on any atom is -0.371 e. The normalized spacial score (nSPS) is 17.2. The third-order valence-electron chi connectivity index (χ3n) is 3.88. The van der Waals surface area contributed by atoms with Crippen molar-refractivity contribution in [3.63, 3.8) is 0 Å². The van der Waals surface area contributed by atoms with Crippen LogP contribution in [0.5, 0.6) is 0 Å². The lowest BCUT2D eigenvalue weighted by atomic mass is 10.0. The van der Waals surface area contributed by atoms with Crippen molar-refractivity contribution >= 4 is 17.4 Å². The van der Waals surface area contributed by atoms with Gasteiger partial charge in [-0.25, -0.2) is 4.98 Å². The Labute approximate surface area is 145 Å². The molecule has 1 aliphatic heterocycles. The van der Waals surface area contributed by atoms with Gasteiger partial charge < -0.3 is 10.1 Å². The van der Waals surface area contributed by atoms with Crippen molar-refractivity contribution in [1.82, 2.24) is 10.3 Å². The van der Waals surface area contributed by atoms with Crippen LogP contribution in [0.25, 0.3) is 0 Å². The van der Waals surface area contributed by atoms with E-state index in [4.69, 9.17) is 21.6 Å². The molecule has 1 N–H and O–H groups in total. The van der Waals surface area contributed by atoms with Gasteiger partial charge >= 0.3 is 0 Å². The zero-order valence-corrected chi connectivity index (χ0v) is 13.7. The number of nitriles is 1. The second kappa shape index (κ2) is 7.54. The molecule has 0 radical (unpaired) electrons. The van der Waals surface area contributed by atoms with Gasteiger partial charge in [-0.2, -0.15) is 5.26 Å². The number of ether oxygens (including phenoxy) is 1. The largest absolute Gasteiger partial charge is 0.371 e. The first-order valence-electron chi connectivity index (χ1n) is 7.68. The number of ketones is 1. The molecule has 2 heterocycles. The van der Waals surface area contributed by atoms with Gasteiger partial charge in [0.1, 0.15) is 17.5 Å². The molecular formula is C18H16ClN3O2. The lowest BCUT2D eigenvalue weighted by Gasteiger charge is -2.24. The van der Waals surface area contributed by atoms with Gasteiger partial charge in [-0.15, -0.1) is 0 Å². The van der Waals surface area contributed by atoms with Gasteiger partial charge in [-0.05, 0) is 29.3 Å². The van der Waals surface area contributed by atoms with Gasteiger partial charge in [-0.1, -0.05) is 29.8 Å². The highest BCUT2D eigenvalue weighted by Gasteiger charge is 2.18. The van der Waals surface area contributed by atoms with Gasteiger partial charge in [0.05, 0.1) is 12.7 Å². The lowest BCUT2D eigenvalue weighted by Crippen LogP contribution is -2.33. The van der Waals surface area contributed by atoms with Crippen molar-refractivity contribution in [3.05, 3.63) is 63.9 Å². The van der Waals surface area contributed by atoms with Gasteiger partial charge in [0.15, 0.2) is 5.78 Å². The maximum Gasteiger partial charge on any atom is 0.185 e. The first-order chi connectivity index (χ1) is 11.7. The van der Waals surface area contributed by atoms with E-state index >= 15 is 0 Å². The highest BCUT2D eigenvalue weighted by atomic mass is 35.5. The predicted molar refractivity (Wildman–Crippen MR) is 90.0 cm³/mol. The van der Waals surface area contributed by atoms with Crippen LogP contribution in [-0.4, -0.2) is 30.5 Å². The summed E-state index contributed by atoms with van der Waals surface area (Å²) in [7, 11) is 0. The molecule has 1 aromatic heterocycles. The van der Waals surface area contributed by atoms with Crippen LogP contribution in [0.3, 0.4) is 0 Å². The Kier molecular flexibility index (Phi) is 5.21. The molecule has 3 rings (SSSR count). The van der Waals surface area contributed by atoms with Crippen molar-refractivity contribution in [2.24, 2.45) is 0 Å². The summed E-state index contributed by atoms with van der Waals surface area (Å²) in [5.41, 5.74) is 2.23. The molecule has 0 spiro atoms. The number of hydrogen-bond donors (Lipinski definition) is 1. The van der Waals surface area contributed by atoms with Crippen molar-refractivity contribution in [3.8, 4) is 6.07 Å². The monoisotopic (exact) mass is 341 g/mol. The summed E-state index contributed by atoms with van der Waals surface area (Å²) < 4.78 is 5.71. The predicted octanol–water partition coefficient (Wildman–Crippen LogP) is 2.69. The number of carbonyl (C=O) groups excluding carboxylic acids is 1. The molecule has 2 aromatic rings. The second-order valence-corrected chi connectivity index (χ2v) is 5.94. The molecule has 1 atom stereocenters. The minimum atomic E-state index is -0.169. The second-order valence-electron chi connectivity index (χ2n) is 5.53. The molecule has 0 amide bonds. The maximum atomic E-state index is 12.4. The Bertz CT molecular complexity index is 795. The van der Waals surface area contributed by atoms with Crippen LogP contribution in [0.1, 0.15) is 33.4 Å². The van der Waals surface area contributed by atoms with E-state index in [0.717, 1.165) is 24.2 Å². The number of benzene rings is 1. The smallest absolute Gasteiger partial charge is 0.185 e. The quantitative estimate of drug-likeness (QED) is 0.865. The molecule has 1 aliphatic rings. The number of Topliss-reactive ketones (excluding diaryl/α,β-unsaturated/α-hetero) is 1. The van der Waals surface area contributed by atoms with Crippen LogP contribution in [0.15, 0.2) is 36.4 Å². The van der Waals surface area contributed by atoms with Crippen LogP contribution in [-0.2, 0) is 11.2 Å². The Morgan fingerprint density at radius 1 is 1.42 bits per heavy atom. The first kappa shape index (κ1) is 16.6. The van der Waals surface area contributed by atoms with Crippen LogP contribution in [0.4, 0.5) is 0 Å². The van der Waals surface area contributed by atoms with Crippen LogP contribution >= 0.6 is 11.6 Å². The molecule has 24 heavy (non-hydrogen) atoms. The first-order valence-corrected chi connectivity index (χ1v) is 8.06. The summed E-state index contributed by atoms with van der Waals surface area (Å²) in [6, 6.07) is 12.4. The summed E-state index contributed by atoms with van der Waals surface area (Å²) in [4.78, 5) is 16.4. The number of halogens is 1. The molecule has 5 nitrogen and oxygen atoms in total. The Morgan fingerprint density at radius 2 is 2.29 bits per heavy atom. The summed E-state index contributed by atoms with van der Waals surface area (Å²) >= 11 is 6.34. The number of nitrogens with one attached hydrogen (secondary N) is 1. The van der Waals surface area contributed by atoms with E-state index in [1.807, 2.05) is 24.3 Å². The Hall–Kier alpha value is -2.26. The average Bonchev–Trinajstić information content (AvgIpc) is 2.64. The van der Waals surface area contributed by atoms with Gasteiger partial charge in [-0.3, -0.25) is 4.79 Å². The standard InChI is InChI=1S/C18H16ClN3O2/c19-15-8-13(18-11-21-6-7-24-18)5-4-12(15)9-17(23)16-3-1-2-14(10-20)22-16/h1-5,8,18,21H,6-7,9,11H2/t18-/m1/s1. The summed E-state index contributed by atoms with van der Waals surface area (Å²) in [5, 5.41) is 12.7. The van der Waals surface area contributed by atoms with E-state index in [9.17, 15) is 4.79 Å². The van der Waals surface area contributed by atoms with E-state index in [-0.39, 0.29) is 29.7 Å². The Morgan fingerprint density at radius 3 is 3.00 bits per heavy atom. The molecule has 0 aliphatic carbocycles. The molecule has 0 bridgehead atoms. The maximum absolute atomic E-state index is 12.4. The van der Waals surface area contributed by atoms with Gasteiger partial charge in [0.2, 0.25) is 0 Å². The molecule has 122 valence electrons. The average molecular weight is 342 g/mol. The third-order valence-corrected chi connectivity index (χ3v) is 4.23. The SMILES string of the molecule is N#Cc1cccc(C(=O)Cc2ccc([C@H]3CNCCO3)cc2Cl)n1. The van der Waals surface area contributed by atoms with Crippen LogP contribution in [0, 0.1) is 11.3 Å². The van der Waals surface area contributed by atoms with Crippen LogP contribution < -0.4 is 5.32 Å². The minimum absolute atomic E-state index is 0.0185. The number of hydrogen-bond acceptors (Lipinski definition) is 5. The number of nitrogens with zero attached hydrogens (tertiary/aromatic N) is 2. The topological polar surface area (TPSA) is 75.0 Å². The molecular weight excluding hydrogens is 326 g/mol. The zero-order chi connectivity index (χ0) is 16.9. The molecule has 0 unspecified atom stereocenters. The van der Waals surface area contributed by atoms with Crippen molar-refractivity contribution in [2.75, 3.05) is 19.7 Å². The molecule has 1 saturated heterocycles. The highest BCUT2D eigenvalue weighted by molar-refractivity contribution is 6.31. The molecule has 1 aromatic carbocycles. The Balaban J connectivity index is 1.75. The van der Waals surface area contributed by atoms with E-state index in [2.05, 4.69) is 10.3 Å². The summed E-state index contributed by atoms with van der Waals surface area (Å²) in [6.07, 6.45) is 0.125. The van der Waals surface area contributed by atoms with Gasteiger partial charge in [0.25, 0.3) is 0 Å². The van der Waals surface area contributed by atoms with Crippen molar-refractivity contribution < 1.29 is 9.53 Å². The van der Waals surface area contributed by atoms with Gasteiger partial charge in [0, 0.05) is 24.5 Å². The van der Waals surface area contributed by atoms with Crippen molar-refractivity contribution in [2.45, 2.75) is 12.5 Å². The lowest BCUT2D eigenvalue weighted by molar-refractivity contribution is 0.0277. The van der Waals surface area contributed by atoms with Crippen LogP contribution in [0.2, 0.25) is 5.02 Å². The molecule has 0 saturated carbocycles. The van der Waals surface area contributed by atoms with Crippen molar-refractivity contribution in [1.29, 1.82) is 5.26 Å².